The first-order valence-electron chi connectivity index (χ1n) is 17.5. The van der Waals surface area contributed by atoms with Crippen molar-refractivity contribution in [3.63, 3.8) is 0 Å². The van der Waals surface area contributed by atoms with Crippen LogP contribution in [-0.4, -0.2) is 63.6 Å². The highest BCUT2D eigenvalue weighted by molar-refractivity contribution is 6.76. The Labute approximate surface area is 318 Å². The van der Waals surface area contributed by atoms with Gasteiger partial charge >= 0.3 is 0 Å². The topological polar surface area (TPSA) is 103 Å². The zero-order chi connectivity index (χ0) is 36.3. The van der Waals surface area contributed by atoms with Crippen molar-refractivity contribution >= 4 is 52.3 Å². The zero-order valence-electron chi connectivity index (χ0n) is 28.5. The van der Waals surface area contributed by atoms with E-state index in [4.69, 9.17) is 44.3 Å². The minimum Gasteiger partial charge on any atom is -0.392 e. The number of anilines is 1. The van der Waals surface area contributed by atoms with Gasteiger partial charge in [-0.1, -0.05) is 126 Å². The van der Waals surface area contributed by atoms with E-state index in [2.05, 4.69) is 32.6 Å². The highest BCUT2D eigenvalue weighted by atomic mass is 35.6. The Morgan fingerprint density at radius 2 is 1.56 bits per heavy atom. The zero-order valence-corrected chi connectivity index (χ0v) is 30.8. The van der Waals surface area contributed by atoms with Crippen LogP contribution in [0.1, 0.15) is 53.9 Å². The summed E-state index contributed by atoms with van der Waals surface area (Å²) in [5.74, 6) is -0.588. The number of amides is 2. The van der Waals surface area contributed by atoms with E-state index >= 15 is 0 Å². The van der Waals surface area contributed by atoms with Gasteiger partial charge in [-0.3, -0.25) is 9.59 Å². The van der Waals surface area contributed by atoms with Gasteiger partial charge in [-0.05, 0) is 52.8 Å². The van der Waals surface area contributed by atoms with E-state index in [1.54, 1.807) is 0 Å². The van der Waals surface area contributed by atoms with Crippen LogP contribution in [0.4, 0.5) is 5.69 Å². The van der Waals surface area contributed by atoms with Crippen LogP contribution in [-0.2, 0) is 32.2 Å². The Kier molecular flexibility index (Phi) is 11.1. The maximum absolute atomic E-state index is 13.2. The molecule has 3 N–H and O–H groups in total. The SMILES string of the molecule is O=C(NCc1ccccc1-c1ccc([C@H]2O[C@@H](CN3CCC4(CC3)C(=O)NCN4c3ccccc3)C[C@@H](c3ccc(CO)cc3)O2)cc1)C(Cl)(Cl)Cl. The van der Waals surface area contributed by atoms with Crippen LogP contribution >= 0.6 is 34.8 Å². The number of carbonyl (C=O) groups is 2. The maximum Gasteiger partial charge on any atom is 0.272 e. The molecule has 3 saturated heterocycles. The summed E-state index contributed by atoms with van der Waals surface area (Å²) in [7, 11) is 0. The van der Waals surface area contributed by atoms with Gasteiger partial charge in [0.05, 0.1) is 25.5 Å². The quantitative estimate of drug-likeness (QED) is 0.161. The number of carbonyl (C=O) groups excluding carboxylic acids is 2. The second kappa shape index (κ2) is 15.7. The second-order valence-electron chi connectivity index (χ2n) is 13.6. The van der Waals surface area contributed by atoms with Crippen molar-refractivity contribution in [3.05, 3.63) is 125 Å². The summed E-state index contributed by atoms with van der Waals surface area (Å²) in [6, 6.07) is 33.8. The Hall–Kier alpha value is -3.67. The molecule has 52 heavy (non-hydrogen) atoms. The van der Waals surface area contributed by atoms with Crippen LogP contribution in [0, 0.1) is 0 Å². The molecule has 4 aromatic carbocycles. The number of rotatable bonds is 9. The van der Waals surface area contributed by atoms with Crippen molar-refractivity contribution in [2.45, 2.75) is 60.2 Å². The van der Waals surface area contributed by atoms with Crippen LogP contribution < -0.4 is 15.5 Å². The summed E-state index contributed by atoms with van der Waals surface area (Å²) in [6.07, 6.45) is 1.16. The van der Waals surface area contributed by atoms with Gasteiger partial charge < -0.3 is 35.0 Å². The lowest BCUT2D eigenvalue weighted by atomic mass is 9.85. The molecule has 0 unspecified atom stereocenters. The fourth-order valence-electron chi connectivity index (χ4n) is 7.51. The van der Waals surface area contributed by atoms with E-state index in [1.165, 1.54) is 0 Å². The maximum atomic E-state index is 13.2. The molecule has 0 aromatic heterocycles. The largest absolute Gasteiger partial charge is 0.392 e. The lowest BCUT2D eigenvalue weighted by molar-refractivity contribution is -0.253. The van der Waals surface area contributed by atoms with E-state index in [0.717, 1.165) is 65.0 Å². The highest BCUT2D eigenvalue weighted by Crippen LogP contribution is 2.41. The molecule has 1 spiro atoms. The molecule has 2 amide bonds. The first kappa shape index (κ1) is 36.7. The number of aliphatic hydroxyl groups excluding tert-OH is 1. The molecule has 12 heteroatoms. The molecular formula is C40H41Cl3N4O5. The number of piperidine rings is 1. The van der Waals surface area contributed by atoms with Crippen LogP contribution in [0.2, 0.25) is 0 Å². The van der Waals surface area contributed by atoms with E-state index < -0.39 is 21.5 Å². The number of ether oxygens (including phenoxy) is 2. The molecule has 0 aliphatic carbocycles. The third-order valence-electron chi connectivity index (χ3n) is 10.4. The molecule has 0 bridgehead atoms. The normalized spacial score (nSPS) is 22.0. The minimum absolute atomic E-state index is 0.0227. The number of hydrogen-bond donors (Lipinski definition) is 3. The van der Waals surface area contributed by atoms with Gasteiger partial charge in [0, 0.05) is 43.9 Å². The van der Waals surface area contributed by atoms with Gasteiger partial charge in [0.25, 0.3) is 9.70 Å². The number of likely N-dealkylation sites (tertiary alicyclic amines) is 1. The molecule has 272 valence electrons. The van der Waals surface area contributed by atoms with Crippen LogP contribution in [0.25, 0.3) is 11.1 Å². The smallest absolute Gasteiger partial charge is 0.272 e. The molecule has 3 fully saturated rings. The van der Waals surface area contributed by atoms with Gasteiger partial charge in [-0.2, -0.15) is 0 Å². The molecule has 7 rings (SSSR count). The molecule has 3 aliphatic rings. The van der Waals surface area contributed by atoms with Gasteiger partial charge in [0.15, 0.2) is 6.29 Å². The van der Waals surface area contributed by atoms with E-state index in [9.17, 15) is 14.7 Å². The van der Waals surface area contributed by atoms with Gasteiger partial charge in [0.1, 0.15) is 5.54 Å². The molecule has 9 nitrogen and oxygen atoms in total. The molecule has 3 heterocycles. The molecule has 4 aromatic rings. The van der Waals surface area contributed by atoms with Crippen molar-refractivity contribution in [1.82, 2.24) is 15.5 Å². The van der Waals surface area contributed by atoms with Crippen LogP contribution in [0.15, 0.2) is 103 Å². The predicted molar refractivity (Wildman–Crippen MR) is 203 cm³/mol. The minimum atomic E-state index is -2.04. The lowest BCUT2D eigenvalue weighted by Gasteiger charge is -2.45. The first-order valence-corrected chi connectivity index (χ1v) is 18.6. The number of hydrogen-bond acceptors (Lipinski definition) is 7. The van der Waals surface area contributed by atoms with Crippen LogP contribution in [0.3, 0.4) is 0 Å². The van der Waals surface area contributed by atoms with Crippen molar-refractivity contribution in [2.75, 3.05) is 31.2 Å². The summed E-state index contributed by atoms with van der Waals surface area (Å²) in [5.41, 5.74) is 6.02. The van der Waals surface area contributed by atoms with Crippen molar-refractivity contribution in [1.29, 1.82) is 0 Å². The third-order valence-corrected chi connectivity index (χ3v) is 10.9. The number of halogens is 3. The number of para-hydroxylation sites is 1. The number of aliphatic hydroxyl groups is 1. The van der Waals surface area contributed by atoms with Crippen LogP contribution in [0.5, 0.6) is 0 Å². The van der Waals surface area contributed by atoms with Gasteiger partial charge in [-0.15, -0.1) is 0 Å². The monoisotopic (exact) mass is 762 g/mol. The lowest BCUT2D eigenvalue weighted by Crippen LogP contribution is -2.57. The Bertz CT molecular complexity index is 1850. The van der Waals surface area contributed by atoms with Crippen molar-refractivity contribution in [3.8, 4) is 11.1 Å². The number of nitrogens with one attached hydrogen (secondary N) is 2. The van der Waals surface area contributed by atoms with Crippen molar-refractivity contribution < 1.29 is 24.2 Å². The fraction of sp³-hybridized carbons (Fsp3) is 0.350. The Balaban J connectivity index is 1.07. The van der Waals surface area contributed by atoms with Gasteiger partial charge in [0.2, 0.25) is 5.91 Å². The number of alkyl halides is 3. The van der Waals surface area contributed by atoms with E-state index in [-0.39, 0.29) is 31.3 Å². The summed E-state index contributed by atoms with van der Waals surface area (Å²) >= 11 is 17.2. The number of nitrogens with zero attached hydrogens (tertiary/aromatic N) is 2. The Morgan fingerprint density at radius 3 is 2.25 bits per heavy atom. The summed E-state index contributed by atoms with van der Waals surface area (Å²) in [5, 5.41) is 15.4. The Morgan fingerprint density at radius 1 is 0.885 bits per heavy atom. The second-order valence-corrected chi connectivity index (χ2v) is 15.9. The van der Waals surface area contributed by atoms with E-state index in [1.807, 2.05) is 91.0 Å². The molecular weight excluding hydrogens is 723 g/mol. The molecule has 0 radical (unpaired) electrons. The highest BCUT2D eigenvalue weighted by Gasteiger charge is 2.50. The van der Waals surface area contributed by atoms with Crippen molar-refractivity contribution in [2.24, 2.45) is 0 Å². The standard InChI is InChI=1S/C40H41Cl3N4O5/c41-40(42,43)38(50)44-23-31-6-4-5-9-34(31)28-14-16-30(17-15-28)36-51-33(22-35(52-36)29-12-10-27(25-48)11-13-29)24-46-20-18-39(19-21-46)37(49)45-26-47(39)32-7-2-1-3-8-32/h1-17,33,35-36,48H,18-26H2,(H,44,50)(H,45,49)/t33-,35+,36+/m1/s1. The average molecular weight is 764 g/mol. The molecule has 3 aliphatic heterocycles. The number of benzene rings is 4. The molecule has 3 atom stereocenters. The first-order chi connectivity index (χ1) is 25.1. The summed E-state index contributed by atoms with van der Waals surface area (Å²) < 4.78 is 11.3. The van der Waals surface area contributed by atoms with Gasteiger partial charge in [-0.25, -0.2) is 0 Å². The fourth-order valence-corrected chi connectivity index (χ4v) is 7.71. The molecule has 0 saturated carbocycles. The predicted octanol–water partition coefficient (Wildman–Crippen LogP) is 6.81. The third kappa shape index (κ3) is 7.96. The average Bonchev–Trinajstić information content (AvgIpc) is 3.49. The summed E-state index contributed by atoms with van der Waals surface area (Å²) in [4.78, 5) is 30.1. The van der Waals surface area contributed by atoms with E-state index in [0.29, 0.717) is 19.6 Å². The summed E-state index contributed by atoms with van der Waals surface area (Å²) in [6.45, 7) is 2.94.